The van der Waals surface area contributed by atoms with Crippen LogP contribution in [0.2, 0.25) is 5.02 Å². The van der Waals surface area contributed by atoms with Gasteiger partial charge in [0, 0.05) is 15.8 Å². The second-order valence-electron chi connectivity index (χ2n) is 5.80. The van der Waals surface area contributed by atoms with Crippen LogP contribution in [0, 0.1) is 11.3 Å². The molecule has 3 atom stereocenters. The van der Waals surface area contributed by atoms with Gasteiger partial charge in [-0.3, -0.25) is 9.59 Å². The number of rotatable bonds is 5. The van der Waals surface area contributed by atoms with E-state index in [2.05, 4.69) is 15.9 Å². The number of hydrogen-bond donors (Lipinski definition) is 1. The summed E-state index contributed by atoms with van der Waals surface area (Å²) < 4.78 is 0. The molecule has 0 bridgehead atoms. The molecule has 114 valence electrons. The van der Waals surface area contributed by atoms with Crippen LogP contribution in [-0.2, 0) is 16.0 Å². The zero-order valence-electron chi connectivity index (χ0n) is 11.8. The average Bonchev–Trinajstić information content (AvgIpc) is 2.71. The number of ketones is 1. The lowest BCUT2D eigenvalue weighted by Gasteiger charge is -2.24. The number of halogens is 2. The molecule has 1 aromatic carbocycles. The summed E-state index contributed by atoms with van der Waals surface area (Å²) in [5.74, 6) is -1.33. The Morgan fingerprint density at radius 1 is 1.48 bits per heavy atom. The van der Waals surface area contributed by atoms with Crippen molar-refractivity contribution in [3.8, 4) is 0 Å². The Kier molecular flexibility index (Phi) is 5.10. The first-order valence-corrected chi connectivity index (χ1v) is 8.31. The van der Waals surface area contributed by atoms with Crippen molar-refractivity contribution in [2.24, 2.45) is 11.3 Å². The molecule has 0 saturated heterocycles. The number of Topliss-reactive ketones (excluding diaryl/α,β-unsaturated/α-hetero) is 1. The number of carbonyl (C=O) groups is 2. The minimum atomic E-state index is -1.22. The van der Waals surface area contributed by atoms with Crippen molar-refractivity contribution in [3.63, 3.8) is 0 Å². The minimum Gasteiger partial charge on any atom is -0.480 e. The van der Waals surface area contributed by atoms with Crippen LogP contribution in [-0.4, -0.2) is 21.7 Å². The maximum atomic E-state index is 12.6. The van der Waals surface area contributed by atoms with E-state index in [1.165, 1.54) is 0 Å². The predicted octanol–water partition coefficient (Wildman–Crippen LogP) is 4.11. The molecule has 3 nitrogen and oxygen atoms in total. The summed E-state index contributed by atoms with van der Waals surface area (Å²) in [6.45, 7) is 1.88. The van der Waals surface area contributed by atoms with Crippen molar-refractivity contribution in [3.05, 3.63) is 34.9 Å². The second-order valence-corrected chi connectivity index (χ2v) is 7.80. The van der Waals surface area contributed by atoms with E-state index in [4.69, 9.17) is 11.6 Å². The van der Waals surface area contributed by atoms with E-state index in [9.17, 15) is 14.7 Å². The van der Waals surface area contributed by atoms with Crippen LogP contribution < -0.4 is 0 Å². The fourth-order valence-corrected chi connectivity index (χ4v) is 3.83. The summed E-state index contributed by atoms with van der Waals surface area (Å²) in [7, 11) is 0. The van der Waals surface area contributed by atoms with Gasteiger partial charge in [0.05, 0.1) is 0 Å². The first kappa shape index (κ1) is 16.5. The van der Waals surface area contributed by atoms with E-state index in [1.54, 1.807) is 12.1 Å². The van der Waals surface area contributed by atoms with Crippen molar-refractivity contribution < 1.29 is 14.7 Å². The third kappa shape index (κ3) is 3.49. The molecule has 0 radical (unpaired) electrons. The van der Waals surface area contributed by atoms with Crippen molar-refractivity contribution in [1.29, 1.82) is 0 Å². The Balaban J connectivity index is 2.16. The molecular weight excluding hydrogens is 356 g/mol. The van der Waals surface area contributed by atoms with Crippen LogP contribution in [0.25, 0.3) is 0 Å². The molecule has 0 aromatic heterocycles. The molecule has 1 aromatic rings. The van der Waals surface area contributed by atoms with E-state index >= 15 is 0 Å². The lowest BCUT2D eigenvalue weighted by molar-refractivity contribution is -0.154. The van der Waals surface area contributed by atoms with Gasteiger partial charge in [-0.15, -0.1) is 0 Å². The first-order valence-electron chi connectivity index (χ1n) is 7.01. The predicted molar refractivity (Wildman–Crippen MR) is 86.0 cm³/mol. The Hall–Kier alpha value is -0.870. The number of hydrogen-bond acceptors (Lipinski definition) is 2. The molecule has 21 heavy (non-hydrogen) atoms. The zero-order valence-corrected chi connectivity index (χ0v) is 14.2. The third-order valence-electron chi connectivity index (χ3n) is 4.20. The van der Waals surface area contributed by atoms with Crippen LogP contribution in [0.1, 0.15) is 31.7 Å². The summed E-state index contributed by atoms with van der Waals surface area (Å²) in [6, 6.07) is 7.37. The SMILES string of the molecule is CC(Br)CC1(C(=O)O)CCC(Cc2ccc(Cl)cc2)C1=O. The van der Waals surface area contributed by atoms with Crippen molar-refractivity contribution in [2.75, 3.05) is 0 Å². The largest absolute Gasteiger partial charge is 0.480 e. The monoisotopic (exact) mass is 372 g/mol. The quantitative estimate of drug-likeness (QED) is 0.624. The number of aliphatic carboxylic acids is 1. The lowest BCUT2D eigenvalue weighted by Crippen LogP contribution is -2.39. The normalized spacial score (nSPS) is 26.8. The molecular formula is C16H18BrClO3. The number of carboxylic acid groups (broad SMARTS) is 1. The highest BCUT2D eigenvalue weighted by atomic mass is 79.9. The van der Waals surface area contributed by atoms with Gasteiger partial charge >= 0.3 is 5.97 Å². The molecule has 5 heteroatoms. The second kappa shape index (κ2) is 6.49. The molecule has 0 spiro atoms. The molecule has 1 N–H and O–H groups in total. The number of alkyl halides is 1. The molecule has 0 amide bonds. The number of benzene rings is 1. The van der Waals surface area contributed by atoms with Gasteiger partial charge in [-0.25, -0.2) is 0 Å². The van der Waals surface area contributed by atoms with E-state index < -0.39 is 11.4 Å². The van der Waals surface area contributed by atoms with Gasteiger partial charge in [0.25, 0.3) is 0 Å². The number of carboxylic acids is 1. The topological polar surface area (TPSA) is 54.4 Å². The van der Waals surface area contributed by atoms with Gasteiger partial charge in [0.15, 0.2) is 5.78 Å². The molecule has 3 unspecified atom stereocenters. The van der Waals surface area contributed by atoms with E-state index in [0.29, 0.717) is 30.7 Å². The molecule has 1 saturated carbocycles. The summed E-state index contributed by atoms with van der Waals surface area (Å²) >= 11 is 9.23. The average molecular weight is 374 g/mol. The van der Waals surface area contributed by atoms with Crippen LogP contribution in [0.4, 0.5) is 0 Å². The highest BCUT2D eigenvalue weighted by Crippen LogP contribution is 2.44. The van der Waals surface area contributed by atoms with Crippen molar-refractivity contribution in [1.82, 2.24) is 0 Å². The van der Waals surface area contributed by atoms with Crippen LogP contribution >= 0.6 is 27.5 Å². The van der Waals surface area contributed by atoms with Crippen LogP contribution in [0.3, 0.4) is 0 Å². The fraction of sp³-hybridized carbons (Fsp3) is 0.500. The maximum Gasteiger partial charge on any atom is 0.317 e. The van der Waals surface area contributed by atoms with Gasteiger partial charge in [-0.05, 0) is 43.4 Å². The summed E-state index contributed by atoms with van der Waals surface area (Å²) in [6.07, 6.45) is 1.99. The maximum absolute atomic E-state index is 12.6. The summed E-state index contributed by atoms with van der Waals surface area (Å²) in [4.78, 5) is 24.3. The Labute approximate surface area is 137 Å². The van der Waals surface area contributed by atoms with Gasteiger partial charge in [0.2, 0.25) is 0 Å². The van der Waals surface area contributed by atoms with E-state index in [-0.39, 0.29) is 16.5 Å². The zero-order chi connectivity index (χ0) is 15.6. The van der Waals surface area contributed by atoms with E-state index in [1.807, 2.05) is 19.1 Å². The van der Waals surface area contributed by atoms with Gasteiger partial charge in [-0.1, -0.05) is 46.6 Å². The van der Waals surface area contributed by atoms with Crippen molar-refractivity contribution >= 4 is 39.3 Å². The minimum absolute atomic E-state index is 0.00633. The molecule has 0 aliphatic heterocycles. The van der Waals surface area contributed by atoms with Crippen LogP contribution in [0.15, 0.2) is 24.3 Å². The molecule has 0 heterocycles. The van der Waals surface area contributed by atoms with E-state index in [0.717, 1.165) is 5.56 Å². The fourth-order valence-electron chi connectivity index (χ4n) is 3.15. The lowest BCUT2D eigenvalue weighted by atomic mass is 9.79. The van der Waals surface area contributed by atoms with Gasteiger partial charge in [-0.2, -0.15) is 0 Å². The first-order chi connectivity index (χ1) is 9.85. The number of carbonyl (C=O) groups excluding carboxylic acids is 1. The standard InChI is InChI=1S/C16H18BrClO3/c1-10(17)9-16(15(20)21)7-6-12(14(16)19)8-11-2-4-13(18)5-3-11/h2-5,10,12H,6-9H2,1H3,(H,20,21). The highest BCUT2D eigenvalue weighted by Gasteiger charge is 2.53. The third-order valence-corrected chi connectivity index (χ3v) is 4.77. The Bertz CT molecular complexity index is 541. The molecule has 1 aliphatic carbocycles. The van der Waals surface area contributed by atoms with Crippen molar-refractivity contribution in [2.45, 2.75) is 37.4 Å². The smallest absolute Gasteiger partial charge is 0.317 e. The molecule has 1 fully saturated rings. The van der Waals surface area contributed by atoms with Gasteiger partial charge in [0.1, 0.15) is 5.41 Å². The molecule has 1 aliphatic rings. The Morgan fingerprint density at radius 3 is 2.62 bits per heavy atom. The summed E-state index contributed by atoms with van der Waals surface area (Å²) in [5.41, 5.74) is -0.203. The Morgan fingerprint density at radius 2 is 2.10 bits per heavy atom. The molecule has 2 rings (SSSR count). The highest BCUT2D eigenvalue weighted by molar-refractivity contribution is 9.09. The van der Waals surface area contributed by atoms with Gasteiger partial charge < -0.3 is 5.11 Å². The summed E-state index contributed by atoms with van der Waals surface area (Å²) in [5, 5.41) is 10.2. The van der Waals surface area contributed by atoms with Crippen LogP contribution in [0.5, 0.6) is 0 Å².